The van der Waals surface area contributed by atoms with Gasteiger partial charge in [-0.2, -0.15) is 0 Å². The lowest BCUT2D eigenvalue weighted by Gasteiger charge is -2.40. The Morgan fingerprint density at radius 2 is 1.69 bits per heavy atom. The largest absolute Gasteiger partial charge is 0.340 e. The van der Waals surface area contributed by atoms with Crippen LogP contribution in [0.25, 0.3) is 0 Å². The molecule has 1 aliphatic rings. The maximum atomic E-state index is 10.5. The molecular formula is C10H22N2O. The summed E-state index contributed by atoms with van der Waals surface area (Å²) in [5.74, 6) is 0. The second kappa shape index (κ2) is 5.97. The molecule has 78 valence electrons. The van der Waals surface area contributed by atoms with Crippen LogP contribution in [0.2, 0.25) is 0 Å². The number of carbonyl (C=O) groups excluding carboxylic acids is 1. The van der Waals surface area contributed by atoms with Gasteiger partial charge in [0.25, 0.3) is 0 Å². The molecule has 3 heteroatoms. The first-order valence-corrected chi connectivity index (χ1v) is 5.06. The van der Waals surface area contributed by atoms with E-state index in [0.29, 0.717) is 12.1 Å². The van der Waals surface area contributed by atoms with Crippen molar-refractivity contribution in [1.29, 1.82) is 0 Å². The Morgan fingerprint density at radius 1 is 1.15 bits per heavy atom. The van der Waals surface area contributed by atoms with Gasteiger partial charge >= 0.3 is 0 Å². The van der Waals surface area contributed by atoms with Crippen molar-refractivity contribution in [3.8, 4) is 0 Å². The molecule has 1 fully saturated rings. The van der Waals surface area contributed by atoms with Gasteiger partial charge in [0.05, 0.1) is 0 Å². The topological polar surface area (TPSA) is 23.6 Å². The zero-order chi connectivity index (χ0) is 10.4. The van der Waals surface area contributed by atoms with Crippen LogP contribution in [0.1, 0.15) is 27.7 Å². The van der Waals surface area contributed by atoms with Crippen molar-refractivity contribution in [2.75, 3.05) is 20.1 Å². The first-order valence-electron chi connectivity index (χ1n) is 5.06. The van der Waals surface area contributed by atoms with E-state index in [1.54, 1.807) is 0 Å². The molecule has 1 aliphatic heterocycles. The van der Waals surface area contributed by atoms with Crippen LogP contribution < -0.4 is 0 Å². The third-order valence-corrected chi connectivity index (χ3v) is 2.48. The molecule has 1 rings (SSSR count). The van der Waals surface area contributed by atoms with E-state index in [-0.39, 0.29) is 0 Å². The minimum absolute atomic E-state index is 0.369. The Hall–Kier alpha value is -0.570. The average Bonchev–Trinajstić information content (AvgIpc) is 2.15. The molecule has 0 aromatic heterocycles. The van der Waals surface area contributed by atoms with Gasteiger partial charge in [0, 0.05) is 25.2 Å². The summed E-state index contributed by atoms with van der Waals surface area (Å²) < 4.78 is 0. The average molecular weight is 186 g/mol. The van der Waals surface area contributed by atoms with Gasteiger partial charge in [-0.1, -0.05) is 13.8 Å². The number of likely N-dealkylation sites (N-methyl/N-ethyl adjacent to an activating group) is 1. The maximum absolute atomic E-state index is 10.5. The van der Waals surface area contributed by atoms with E-state index in [4.69, 9.17) is 0 Å². The fourth-order valence-corrected chi connectivity index (χ4v) is 1.47. The Labute approximate surface area is 81.7 Å². The molecule has 0 bridgehead atoms. The van der Waals surface area contributed by atoms with E-state index < -0.39 is 0 Å². The lowest BCUT2D eigenvalue weighted by Crippen LogP contribution is -2.54. The van der Waals surface area contributed by atoms with Crippen molar-refractivity contribution in [1.82, 2.24) is 9.80 Å². The van der Waals surface area contributed by atoms with Gasteiger partial charge < -0.3 is 4.90 Å². The third kappa shape index (κ3) is 3.35. The number of hydrogen-bond donors (Lipinski definition) is 0. The minimum Gasteiger partial charge on any atom is -0.340 e. The monoisotopic (exact) mass is 186 g/mol. The van der Waals surface area contributed by atoms with Gasteiger partial charge in [-0.05, 0) is 20.9 Å². The van der Waals surface area contributed by atoms with Crippen LogP contribution in [0.15, 0.2) is 0 Å². The van der Waals surface area contributed by atoms with Crippen molar-refractivity contribution in [2.24, 2.45) is 0 Å². The SMILES string of the molecule is CC.CC1CN(C=O)C(C)CN1C. The van der Waals surface area contributed by atoms with Crippen LogP contribution in [0.4, 0.5) is 0 Å². The predicted molar refractivity (Wildman–Crippen MR) is 55.7 cm³/mol. The van der Waals surface area contributed by atoms with Crippen LogP contribution in [-0.2, 0) is 4.79 Å². The van der Waals surface area contributed by atoms with Crippen LogP contribution in [0.5, 0.6) is 0 Å². The van der Waals surface area contributed by atoms with Crippen molar-refractivity contribution >= 4 is 6.41 Å². The van der Waals surface area contributed by atoms with Gasteiger partial charge in [-0.25, -0.2) is 0 Å². The summed E-state index contributed by atoms with van der Waals surface area (Å²) in [7, 11) is 2.10. The predicted octanol–water partition coefficient (Wildman–Crippen LogP) is 1.19. The Morgan fingerprint density at radius 3 is 2.15 bits per heavy atom. The minimum atomic E-state index is 0.369. The second-order valence-corrected chi connectivity index (χ2v) is 3.44. The van der Waals surface area contributed by atoms with Crippen molar-refractivity contribution in [3.63, 3.8) is 0 Å². The molecule has 0 saturated carbocycles. The van der Waals surface area contributed by atoms with Gasteiger partial charge in [0.2, 0.25) is 6.41 Å². The molecule has 0 aromatic carbocycles. The standard InChI is InChI=1S/C8H16N2O.C2H6/c1-7-5-10(6-11)8(2)4-9(7)3;1-2/h6-8H,4-5H2,1-3H3;1-2H3. The summed E-state index contributed by atoms with van der Waals surface area (Å²) in [6, 6.07) is 0.866. The van der Waals surface area contributed by atoms with Crippen molar-refractivity contribution in [2.45, 2.75) is 39.8 Å². The molecule has 2 unspecified atom stereocenters. The quantitative estimate of drug-likeness (QED) is 0.574. The first kappa shape index (κ1) is 12.4. The number of rotatable bonds is 1. The molecule has 0 aliphatic carbocycles. The van der Waals surface area contributed by atoms with E-state index >= 15 is 0 Å². The molecule has 2 atom stereocenters. The summed E-state index contributed by atoms with van der Waals surface area (Å²) in [4.78, 5) is 14.7. The van der Waals surface area contributed by atoms with Crippen molar-refractivity contribution < 1.29 is 4.79 Å². The molecule has 0 spiro atoms. The van der Waals surface area contributed by atoms with Gasteiger partial charge in [0.1, 0.15) is 0 Å². The Kier molecular flexibility index (Phi) is 5.71. The number of piperazine rings is 1. The van der Waals surface area contributed by atoms with Gasteiger partial charge in [0.15, 0.2) is 0 Å². The van der Waals surface area contributed by atoms with E-state index in [0.717, 1.165) is 19.5 Å². The highest BCUT2D eigenvalue weighted by molar-refractivity contribution is 5.48. The van der Waals surface area contributed by atoms with E-state index in [2.05, 4.69) is 25.8 Å². The fraction of sp³-hybridized carbons (Fsp3) is 0.900. The summed E-state index contributed by atoms with van der Waals surface area (Å²) in [5, 5.41) is 0. The normalized spacial score (nSPS) is 29.2. The number of nitrogens with zero attached hydrogens (tertiary/aromatic N) is 2. The fourth-order valence-electron chi connectivity index (χ4n) is 1.47. The van der Waals surface area contributed by atoms with E-state index in [9.17, 15) is 4.79 Å². The molecule has 1 saturated heterocycles. The Balaban J connectivity index is 0.000000671. The summed E-state index contributed by atoms with van der Waals surface area (Å²) in [6.07, 6.45) is 0.953. The summed E-state index contributed by atoms with van der Waals surface area (Å²) >= 11 is 0. The van der Waals surface area contributed by atoms with Crippen molar-refractivity contribution in [3.05, 3.63) is 0 Å². The van der Waals surface area contributed by atoms with Crippen LogP contribution in [0.3, 0.4) is 0 Å². The highest BCUT2D eigenvalue weighted by Gasteiger charge is 2.24. The third-order valence-electron chi connectivity index (χ3n) is 2.48. The van der Waals surface area contributed by atoms with E-state index in [1.165, 1.54) is 0 Å². The molecule has 0 radical (unpaired) electrons. The first-order chi connectivity index (χ1) is 6.15. The number of carbonyl (C=O) groups is 1. The van der Waals surface area contributed by atoms with Crippen LogP contribution in [0, 0.1) is 0 Å². The molecule has 0 N–H and O–H groups in total. The van der Waals surface area contributed by atoms with Gasteiger partial charge in [-0.15, -0.1) is 0 Å². The summed E-state index contributed by atoms with van der Waals surface area (Å²) in [5.41, 5.74) is 0. The lowest BCUT2D eigenvalue weighted by atomic mass is 10.1. The zero-order valence-electron chi connectivity index (χ0n) is 9.45. The molecule has 13 heavy (non-hydrogen) atoms. The smallest absolute Gasteiger partial charge is 0.210 e. The molecule has 1 amide bonds. The van der Waals surface area contributed by atoms with Gasteiger partial charge in [-0.3, -0.25) is 9.69 Å². The highest BCUT2D eigenvalue weighted by Crippen LogP contribution is 2.10. The Bertz CT molecular complexity index is 150. The molecular weight excluding hydrogens is 164 g/mol. The maximum Gasteiger partial charge on any atom is 0.210 e. The second-order valence-electron chi connectivity index (χ2n) is 3.44. The highest BCUT2D eigenvalue weighted by atomic mass is 16.1. The zero-order valence-corrected chi connectivity index (χ0v) is 9.45. The number of amides is 1. The van der Waals surface area contributed by atoms with Crippen LogP contribution in [-0.4, -0.2) is 48.4 Å². The number of hydrogen-bond acceptors (Lipinski definition) is 2. The van der Waals surface area contributed by atoms with E-state index in [1.807, 2.05) is 18.7 Å². The summed E-state index contributed by atoms with van der Waals surface area (Å²) in [6.45, 7) is 10.1. The molecule has 3 nitrogen and oxygen atoms in total. The molecule has 0 aromatic rings. The lowest BCUT2D eigenvalue weighted by molar-refractivity contribution is -0.123. The van der Waals surface area contributed by atoms with Crippen LogP contribution >= 0.6 is 0 Å². The molecule has 1 heterocycles.